The minimum atomic E-state index is 0. The van der Waals surface area contributed by atoms with Gasteiger partial charge >= 0.3 is 112 Å². The third kappa shape index (κ3) is 11.2. The van der Waals surface area contributed by atoms with Crippen molar-refractivity contribution in [1.29, 1.82) is 0 Å². The molecule has 0 saturated heterocycles. The Balaban J connectivity index is 0.000000260. The summed E-state index contributed by atoms with van der Waals surface area (Å²) in [6.45, 7) is 13.6. The Morgan fingerprint density at radius 1 is 0.659 bits per heavy atom. The molecule has 0 heterocycles. The molecular formula is C41H44Cl2Zr-2. The van der Waals surface area contributed by atoms with E-state index in [9.17, 15) is 0 Å². The van der Waals surface area contributed by atoms with Crippen molar-refractivity contribution in [2.45, 2.75) is 71.6 Å². The van der Waals surface area contributed by atoms with Crippen LogP contribution in [-0.4, -0.2) is 3.21 Å². The normalized spacial score (nSPS) is 11.3. The Bertz CT molecular complexity index is 1430. The van der Waals surface area contributed by atoms with Gasteiger partial charge in [-0.3, -0.25) is 0 Å². The molecule has 5 aromatic carbocycles. The van der Waals surface area contributed by atoms with E-state index in [1.165, 1.54) is 44.5 Å². The van der Waals surface area contributed by atoms with Gasteiger partial charge < -0.3 is 24.8 Å². The monoisotopic (exact) mass is 696 g/mol. The van der Waals surface area contributed by atoms with Gasteiger partial charge in [0.15, 0.2) is 0 Å². The molecule has 0 aromatic heterocycles. The van der Waals surface area contributed by atoms with E-state index < -0.39 is 0 Å². The van der Waals surface area contributed by atoms with E-state index in [-0.39, 0.29) is 35.6 Å². The van der Waals surface area contributed by atoms with Gasteiger partial charge in [-0.15, -0.1) is 5.56 Å². The van der Waals surface area contributed by atoms with Crippen LogP contribution in [0.25, 0.3) is 11.1 Å². The molecule has 0 N–H and O–H groups in total. The summed E-state index contributed by atoms with van der Waals surface area (Å²) in [4.78, 5) is 0. The first kappa shape index (κ1) is 37.7. The third-order valence-electron chi connectivity index (χ3n) is 7.60. The van der Waals surface area contributed by atoms with Crippen LogP contribution in [-0.2, 0) is 54.3 Å². The summed E-state index contributed by atoms with van der Waals surface area (Å²) >= 11 is 1.55. The molecule has 1 aliphatic carbocycles. The summed E-state index contributed by atoms with van der Waals surface area (Å²) in [7, 11) is 0. The fraction of sp³-hybridized carbons (Fsp3) is 0.268. The fourth-order valence-corrected chi connectivity index (χ4v) is 6.06. The Kier molecular flexibility index (Phi) is 14.9. The molecule has 228 valence electrons. The predicted octanol–water partition coefficient (Wildman–Crippen LogP) is 4.26. The molecule has 3 heteroatoms. The standard InChI is InChI=1S/C21H25.C15H14.C5H5.2ClH.Zr/c1-20(2,3)16-9-7-14-11-15-8-10-17(21(4,5)6)13-19(15)18(14)12-16;1-3-8-14(9-4-1)12-7-13-15-10-5-2-6-11-15;1-2-4-5-3-1;;;/h7,9-10,12-13H,11H2,1-6H3;1-6,8-11H,12-13H2;1-5H;2*1H;/q-1;;-1;;;+2/p-2. The maximum Gasteiger partial charge on any atom is -0.172 e. The van der Waals surface area contributed by atoms with Crippen LogP contribution in [0.1, 0.15) is 74.9 Å². The average Bonchev–Trinajstić information content (AvgIpc) is 3.65. The van der Waals surface area contributed by atoms with Gasteiger partial charge in [0.2, 0.25) is 0 Å². The van der Waals surface area contributed by atoms with Gasteiger partial charge in [-0.2, -0.15) is 47.5 Å². The molecular weight excluding hydrogens is 655 g/mol. The first-order valence-electron chi connectivity index (χ1n) is 15.0. The zero-order valence-corrected chi connectivity index (χ0v) is 30.9. The summed E-state index contributed by atoms with van der Waals surface area (Å²) < 4.78 is 1.60. The van der Waals surface area contributed by atoms with Gasteiger partial charge in [0, 0.05) is 0 Å². The Hall–Kier alpha value is -2.44. The molecule has 0 atom stereocenters. The van der Waals surface area contributed by atoms with E-state index in [2.05, 4.69) is 139 Å². The van der Waals surface area contributed by atoms with Crippen molar-refractivity contribution >= 4 is 3.21 Å². The van der Waals surface area contributed by atoms with E-state index in [1.807, 2.05) is 30.3 Å². The molecule has 0 spiro atoms. The summed E-state index contributed by atoms with van der Waals surface area (Å²) in [5.74, 6) is 0. The zero-order valence-electron chi connectivity index (χ0n) is 26.9. The van der Waals surface area contributed by atoms with Crippen molar-refractivity contribution in [2.24, 2.45) is 0 Å². The zero-order chi connectivity index (χ0) is 30.2. The second-order valence-corrected chi connectivity index (χ2v) is 15.0. The van der Waals surface area contributed by atoms with Crippen LogP contribution in [0.2, 0.25) is 0 Å². The maximum absolute atomic E-state index is 3.53. The van der Waals surface area contributed by atoms with Gasteiger partial charge in [0.25, 0.3) is 0 Å². The molecule has 44 heavy (non-hydrogen) atoms. The van der Waals surface area contributed by atoms with E-state index in [0.717, 1.165) is 19.3 Å². The van der Waals surface area contributed by atoms with Crippen molar-refractivity contribution < 1.29 is 49.0 Å². The molecule has 0 fully saturated rings. The van der Waals surface area contributed by atoms with Gasteiger partial charge in [-0.25, -0.2) is 12.1 Å². The van der Waals surface area contributed by atoms with E-state index in [4.69, 9.17) is 0 Å². The Labute approximate surface area is 293 Å². The number of fused-ring (bicyclic) bond motifs is 3. The number of halogens is 2. The number of hydrogen-bond donors (Lipinski definition) is 0. The predicted molar refractivity (Wildman–Crippen MR) is 178 cm³/mol. The smallest absolute Gasteiger partial charge is 0.172 e. The molecule has 0 unspecified atom stereocenters. The van der Waals surface area contributed by atoms with E-state index in [1.54, 1.807) is 27.4 Å². The van der Waals surface area contributed by atoms with Gasteiger partial charge in [-0.1, -0.05) is 76.3 Å². The van der Waals surface area contributed by atoms with Crippen LogP contribution in [0.5, 0.6) is 0 Å². The van der Waals surface area contributed by atoms with Crippen LogP contribution in [0, 0.1) is 6.07 Å². The van der Waals surface area contributed by atoms with Crippen LogP contribution >= 0.6 is 0 Å². The van der Waals surface area contributed by atoms with Gasteiger partial charge in [0.1, 0.15) is 0 Å². The van der Waals surface area contributed by atoms with Gasteiger partial charge in [-0.05, 0) is 17.4 Å². The molecule has 0 saturated carbocycles. The van der Waals surface area contributed by atoms with Crippen LogP contribution in [0.3, 0.4) is 0 Å². The molecule has 6 rings (SSSR count). The first-order valence-corrected chi connectivity index (χ1v) is 16.2. The van der Waals surface area contributed by atoms with Gasteiger partial charge in [0.05, 0.1) is 0 Å². The second kappa shape index (κ2) is 17.3. The van der Waals surface area contributed by atoms with Crippen molar-refractivity contribution in [3.63, 3.8) is 0 Å². The first-order chi connectivity index (χ1) is 20.0. The van der Waals surface area contributed by atoms with Crippen LogP contribution in [0.15, 0.2) is 121 Å². The molecule has 0 aliphatic heterocycles. The molecule has 0 amide bonds. The second-order valence-electron chi connectivity index (χ2n) is 13.2. The molecule has 0 bridgehead atoms. The average molecular weight is 699 g/mol. The van der Waals surface area contributed by atoms with Crippen molar-refractivity contribution in [3.8, 4) is 11.1 Å². The van der Waals surface area contributed by atoms with Crippen LogP contribution < -0.4 is 24.8 Å². The number of benzene rings is 4. The third-order valence-corrected chi connectivity index (χ3v) is 8.47. The number of hydrogen-bond acceptors (Lipinski definition) is 0. The minimum Gasteiger partial charge on any atom is -0.214 e. The van der Waals surface area contributed by atoms with E-state index >= 15 is 0 Å². The van der Waals surface area contributed by atoms with Crippen molar-refractivity contribution in [2.75, 3.05) is 0 Å². The molecule has 0 nitrogen and oxygen atoms in total. The maximum atomic E-state index is 3.53. The Morgan fingerprint density at radius 2 is 1.16 bits per heavy atom. The summed E-state index contributed by atoms with van der Waals surface area (Å²) in [5, 5.41) is 0. The number of rotatable bonds is 4. The molecule has 0 radical (unpaired) electrons. The van der Waals surface area contributed by atoms with Crippen molar-refractivity contribution in [3.05, 3.63) is 161 Å². The summed E-state index contributed by atoms with van der Waals surface area (Å²) in [5.41, 5.74) is 11.6. The quantitative estimate of drug-likeness (QED) is 0.242. The van der Waals surface area contributed by atoms with E-state index in [0.29, 0.717) is 0 Å². The van der Waals surface area contributed by atoms with Crippen molar-refractivity contribution in [1.82, 2.24) is 0 Å². The largest absolute Gasteiger partial charge is 0.214 e. The fourth-order valence-electron chi connectivity index (χ4n) is 5.05. The topological polar surface area (TPSA) is 0 Å². The van der Waals surface area contributed by atoms with Crippen LogP contribution in [0.4, 0.5) is 0 Å². The summed E-state index contributed by atoms with van der Waals surface area (Å²) in [6, 6.07) is 46.5. The molecule has 1 aliphatic rings. The minimum absolute atomic E-state index is 0. The summed E-state index contributed by atoms with van der Waals surface area (Å²) in [6.07, 6.45) is 3.27. The molecule has 5 aromatic rings. The SMILES string of the molecule is CC(C)(C)c1c[c-]c2c(c1)-c1cc(C(C)(C)C)ccc1C2.[Cl-].[Cl-].[Zr+2]=[C](Cc1ccccc1)Cc1ccccc1.c1cc[cH-]c1. The Morgan fingerprint density at radius 3 is 1.61 bits per heavy atom.